The molecule has 1 fully saturated rings. The zero-order valence-electron chi connectivity index (χ0n) is 12.3. The van der Waals surface area contributed by atoms with E-state index in [4.69, 9.17) is 11.6 Å². The molecule has 0 aliphatic carbocycles. The van der Waals surface area contributed by atoms with Crippen molar-refractivity contribution in [1.29, 1.82) is 0 Å². The summed E-state index contributed by atoms with van der Waals surface area (Å²) in [6, 6.07) is 5.85. The molecule has 1 aliphatic heterocycles. The lowest BCUT2D eigenvalue weighted by molar-refractivity contribution is -0.128. The summed E-state index contributed by atoms with van der Waals surface area (Å²) in [4.78, 5) is 14.5. The van der Waals surface area contributed by atoms with E-state index in [1.165, 1.54) is 0 Å². The second-order valence-electron chi connectivity index (χ2n) is 5.19. The maximum atomic E-state index is 12.3. The van der Waals surface area contributed by atoms with Gasteiger partial charge in [0.15, 0.2) is 0 Å². The number of carbonyl (C=O) groups excluding carboxylic acids is 1. The number of hydrogen-bond acceptors (Lipinski definition) is 3. The van der Waals surface area contributed by atoms with Gasteiger partial charge in [-0.2, -0.15) is 0 Å². The first-order chi connectivity index (χ1) is 10.0. The average molecular weight is 375 g/mol. The highest BCUT2D eigenvalue weighted by Gasteiger charge is 2.32. The smallest absolute Gasteiger partial charge is 0.238 e. The monoisotopic (exact) mass is 373 g/mol. The number of hydrogen-bond donors (Lipinski definition) is 2. The summed E-state index contributed by atoms with van der Waals surface area (Å²) in [6.07, 6.45) is 0. The molecule has 2 rings (SSSR count). The number of amides is 1. The molecule has 2 unspecified atom stereocenters. The lowest BCUT2D eigenvalue weighted by atomic mass is 10.0. The Hall–Kier alpha value is -0.620. The number of piperazine rings is 1. The number of nitrogens with zero attached hydrogens (tertiary/aromatic N) is 1. The van der Waals surface area contributed by atoms with Gasteiger partial charge in [0.1, 0.15) is 6.04 Å². The van der Waals surface area contributed by atoms with Crippen LogP contribution in [0.5, 0.6) is 0 Å². The van der Waals surface area contributed by atoms with Gasteiger partial charge < -0.3 is 10.6 Å². The van der Waals surface area contributed by atoms with Crippen LogP contribution >= 0.6 is 27.5 Å². The highest BCUT2D eigenvalue weighted by molar-refractivity contribution is 9.10. The number of halogens is 2. The number of carbonyl (C=O) groups is 1. The van der Waals surface area contributed by atoms with Gasteiger partial charge in [-0.1, -0.05) is 33.6 Å². The van der Waals surface area contributed by atoms with Gasteiger partial charge in [0, 0.05) is 41.7 Å². The third-order valence-electron chi connectivity index (χ3n) is 3.85. The molecular formula is C15H21BrClN3O. The summed E-state index contributed by atoms with van der Waals surface area (Å²) in [6.45, 7) is 7.07. The first kappa shape index (κ1) is 16.7. The Labute approximate surface area is 139 Å². The third-order valence-corrected chi connectivity index (χ3v) is 4.67. The zero-order chi connectivity index (χ0) is 15.4. The summed E-state index contributed by atoms with van der Waals surface area (Å²) < 4.78 is 0.962. The van der Waals surface area contributed by atoms with Crippen molar-refractivity contribution in [3.63, 3.8) is 0 Å². The highest BCUT2D eigenvalue weighted by atomic mass is 79.9. The molecule has 1 aromatic rings. The predicted molar refractivity (Wildman–Crippen MR) is 89.6 cm³/mol. The normalized spacial score (nSPS) is 21.0. The Morgan fingerprint density at radius 3 is 3.05 bits per heavy atom. The van der Waals surface area contributed by atoms with Crippen molar-refractivity contribution >= 4 is 33.4 Å². The molecule has 0 saturated carbocycles. The van der Waals surface area contributed by atoms with Crippen LogP contribution in [0.1, 0.15) is 25.5 Å². The van der Waals surface area contributed by atoms with Gasteiger partial charge in [0.25, 0.3) is 0 Å². The van der Waals surface area contributed by atoms with E-state index in [0.717, 1.165) is 28.1 Å². The summed E-state index contributed by atoms with van der Waals surface area (Å²) in [5, 5.41) is 6.93. The number of benzene rings is 1. The largest absolute Gasteiger partial charge is 0.355 e. The average Bonchev–Trinajstić information content (AvgIpc) is 2.47. The summed E-state index contributed by atoms with van der Waals surface area (Å²) >= 11 is 9.78. The van der Waals surface area contributed by atoms with Gasteiger partial charge in [-0.3, -0.25) is 9.69 Å². The molecule has 1 aliphatic rings. The molecule has 0 radical (unpaired) electrons. The van der Waals surface area contributed by atoms with E-state index in [9.17, 15) is 4.79 Å². The Balaban J connectivity index is 2.21. The van der Waals surface area contributed by atoms with Gasteiger partial charge in [-0.15, -0.1) is 0 Å². The number of rotatable bonds is 4. The van der Waals surface area contributed by atoms with Gasteiger partial charge in [-0.25, -0.2) is 0 Å². The van der Waals surface area contributed by atoms with E-state index < -0.39 is 0 Å². The zero-order valence-corrected chi connectivity index (χ0v) is 14.7. The van der Waals surface area contributed by atoms with Crippen molar-refractivity contribution in [2.45, 2.75) is 25.9 Å². The van der Waals surface area contributed by atoms with Crippen LogP contribution in [-0.4, -0.2) is 43.0 Å². The summed E-state index contributed by atoms with van der Waals surface area (Å²) in [5.74, 6) is 0.0739. The van der Waals surface area contributed by atoms with Crippen molar-refractivity contribution in [3.8, 4) is 0 Å². The van der Waals surface area contributed by atoms with Crippen LogP contribution in [0.15, 0.2) is 22.7 Å². The lowest BCUT2D eigenvalue weighted by Crippen LogP contribution is -2.58. The minimum Gasteiger partial charge on any atom is -0.355 e. The van der Waals surface area contributed by atoms with Crippen LogP contribution in [0.2, 0.25) is 5.02 Å². The molecule has 21 heavy (non-hydrogen) atoms. The van der Waals surface area contributed by atoms with E-state index >= 15 is 0 Å². The fourth-order valence-corrected chi connectivity index (χ4v) is 3.57. The molecule has 1 amide bonds. The first-order valence-electron chi connectivity index (χ1n) is 7.23. The van der Waals surface area contributed by atoms with Crippen LogP contribution in [0.3, 0.4) is 0 Å². The topological polar surface area (TPSA) is 44.4 Å². The van der Waals surface area contributed by atoms with E-state index in [1.54, 1.807) is 0 Å². The Morgan fingerprint density at radius 1 is 1.62 bits per heavy atom. The maximum absolute atomic E-state index is 12.3. The second kappa shape index (κ2) is 7.58. The minimum absolute atomic E-state index is 0.0739. The molecule has 6 heteroatoms. The van der Waals surface area contributed by atoms with Crippen molar-refractivity contribution in [1.82, 2.24) is 15.5 Å². The van der Waals surface area contributed by atoms with Crippen molar-refractivity contribution < 1.29 is 4.79 Å². The lowest BCUT2D eigenvalue weighted by Gasteiger charge is -2.39. The highest BCUT2D eigenvalue weighted by Crippen LogP contribution is 2.31. The van der Waals surface area contributed by atoms with Crippen molar-refractivity contribution in [2.24, 2.45) is 0 Å². The third kappa shape index (κ3) is 3.97. The molecule has 0 bridgehead atoms. The van der Waals surface area contributed by atoms with Crippen LogP contribution in [0.4, 0.5) is 0 Å². The quantitative estimate of drug-likeness (QED) is 0.851. The van der Waals surface area contributed by atoms with E-state index in [-0.39, 0.29) is 18.0 Å². The molecule has 0 aromatic heterocycles. The molecule has 1 saturated heterocycles. The van der Waals surface area contributed by atoms with E-state index in [0.29, 0.717) is 13.1 Å². The van der Waals surface area contributed by atoms with E-state index in [2.05, 4.69) is 38.4 Å². The SMILES string of the molecule is CCNC(=O)C1CNCCN1C(C)c1ccc(Br)cc1Cl. The van der Waals surface area contributed by atoms with Gasteiger partial charge in [0.2, 0.25) is 5.91 Å². The molecule has 1 heterocycles. The maximum Gasteiger partial charge on any atom is 0.238 e. The number of nitrogens with one attached hydrogen (secondary N) is 2. The van der Waals surface area contributed by atoms with Crippen molar-refractivity contribution in [2.75, 3.05) is 26.2 Å². The van der Waals surface area contributed by atoms with Crippen LogP contribution in [0.25, 0.3) is 0 Å². The molecule has 1 aromatic carbocycles. The van der Waals surface area contributed by atoms with Crippen molar-refractivity contribution in [3.05, 3.63) is 33.3 Å². The summed E-state index contributed by atoms with van der Waals surface area (Å²) in [5.41, 5.74) is 1.05. The predicted octanol–water partition coefficient (Wildman–Crippen LogP) is 2.57. The molecular weight excluding hydrogens is 354 g/mol. The number of likely N-dealkylation sites (N-methyl/N-ethyl adjacent to an activating group) is 1. The molecule has 0 spiro atoms. The van der Waals surface area contributed by atoms with Crippen LogP contribution in [0, 0.1) is 0 Å². The first-order valence-corrected chi connectivity index (χ1v) is 8.40. The van der Waals surface area contributed by atoms with E-state index in [1.807, 2.05) is 25.1 Å². The van der Waals surface area contributed by atoms with Gasteiger partial charge in [-0.05, 0) is 31.5 Å². The fraction of sp³-hybridized carbons (Fsp3) is 0.533. The second-order valence-corrected chi connectivity index (χ2v) is 6.52. The Bertz CT molecular complexity index is 512. The Morgan fingerprint density at radius 2 is 2.38 bits per heavy atom. The molecule has 2 atom stereocenters. The standard InChI is InChI=1S/C15H21BrClN3O/c1-3-19-15(21)14-9-18-6-7-20(14)10(2)12-5-4-11(16)8-13(12)17/h4-5,8,10,14,18H,3,6-7,9H2,1-2H3,(H,19,21). The molecule has 4 nitrogen and oxygen atoms in total. The van der Waals surface area contributed by atoms with Crippen LogP contribution < -0.4 is 10.6 Å². The molecule has 116 valence electrons. The fourth-order valence-electron chi connectivity index (χ4n) is 2.74. The minimum atomic E-state index is -0.159. The Kier molecular flexibility index (Phi) is 6.05. The summed E-state index contributed by atoms with van der Waals surface area (Å²) in [7, 11) is 0. The molecule has 2 N–H and O–H groups in total. The van der Waals surface area contributed by atoms with Crippen LogP contribution in [-0.2, 0) is 4.79 Å². The van der Waals surface area contributed by atoms with Gasteiger partial charge in [0.05, 0.1) is 0 Å². The van der Waals surface area contributed by atoms with Gasteiger partial charge >= 0.3 is 0 Å².